The number of hydrogen-bond donors (Lipinski definition) is 0. The first-order valence-electron chi connectivity index (χ1n) is 5.21. The molecule has 8 heteroatoms. The summed E-state index contributed by atoms with van der Waals surface area (Å²) in [5.74, 6) is -0.701. The number of benzene rings is 1. The second-order valence-corrected chi connectivity index (χ2v) is 6.37. The van der Waals surface area contributed by atoms with Crippen molar-refractivity contribution < 1.29 is 17.5 Å². The molecule has 0 radical (unpaired) electrons. The molecule has 19 heavy (non-hydrogen) atoms. The van der Waals surface area contributed by atoms with Crippen molar-refractivity contribution in [2.75, 3.05) is 0 Å². The second-order valence-electron chi connectivity index (χ2n) is 3.84. The van der Waals surface area contributed by atoms with Crippen LogP contribution in [0.2, 0.25) is 0 Å². The largest absolute Gasteiger partial charge is 0.487 e. The molecule has 0 bridgehead atoms. The van der Waals surface area contributed by atoms with Crippen molar-refractivity contribution in [3.05, 3.63) is 42.0 Å². The first-order valence-corrected chi connectivity index (χ1v) is 7.52. The minimum absolute atomic E-state index is 0.000234. The molecule has 0 aliphatic rings. The van der Waals surface area contributed by atoms with Crippen molar-refractivity contribution in [1.29, 1.82) is 0 Å². The molecule has 0 aliphatic heterocycles. The molecule has 0 unspecified atom stereocenters. The van der Waals surface area contributed by atoms with Gasteiger partial charge in [0.25, 0.3) is 9.05 Å². The Kier molecular flexibility index (Phi) is 3.77. The molecule has 1 aromatic carbocycles. The zero-order valence-corrected chi connectivity index (χ0v) is 11.4. The van der Waals surface area contributed by atoms with Gasteiger partial charge in [-0.05, 0) is 18.2 Å². The fourth-order valence-electron chi connectivity index (χ4n) is 1.50. The molecule has 0 atom stereocenters. The molecule has 2 aromatic rings. The topological polar surface area (TPSA) is 61.2 Å². The molecule has 0 N–H and O–H groups in total. The molecular formula is C11H10ClFN2O3S. The number of hydrogen-bond acceptors (Lipinski definition) is 4. The van der Waals surface area contributed by atoms with E-state index in [-0.39, 0.29) is 12.4 Å². The van der Waals surface area contributed by atoms with Gasteiger partial charge in [0.1, 0.15) is 23.1 Å². The predicted octanol–water partition coefficient (Wildman–Crippen LogP) is 2.07. The average Bonchev–Trinajstić information content (AvgIpc) is 2.72. The third-order valence-corrected chi connectivity index (χ3v) is 3.66. The molecule has 0 amide bonds. The highest BCUT2D eigenvalue weighted by Crippen LogP contribution is 2.28. The molecule has 5 nitrogen and oxygen atoms in total. The summed E-state index contributed by atoms with van der Waals surface area (Å²) in [6, 6.07) is 3.14. The van der Waals surface area contributed by atoms with Gasteiger partial charge in [-0.25, -0.2) is 12.8 Å². The number of rotatable bonds is 4. The van der Waals surface area contributed by atoms with Crippen LogP contribution < -0.4 is 4.74 Å². The first-order chi connectivity index (χ1) is 8.86. The van der Waals surface area contributed by atoms with Crippen molar-refractivity contribution in [2.45, 2.75) is 11.5 Å². The molecule has 0 saturated carbocycles. The summed E-state index contributed by atoms with van der Waals surface area (Å²) in [5, 5.41) is 3.95. The number of halogens is 2. The van der Waals surface area contributed by atoms with E-state index in [2.05, 4.69) is 5.10 Å². The van der Waals surface area contributed by atoms with Gasteiger partial charge in [0.15, 0.2) is 0 Å². The Bertz CT molecular complexity index is 700. The van der Waals surface area contributed by atoms with Crippen molar-refractivity contribution >= 4 is 19.7 Å². The number of aromatic nitrogens is 2. The van der Waals surface area contributed by atoms with Gasteiger partial charge in [-0.15, -0.1) is 0 Å². The normalized spacial score (nSPS) is 11.5. The minimum atomic E-state index is -4.07. The summed E-state index contributed by atoms with van der Waals surface area (Å²) >= 11 is 0. The second kappa shape index (κ2) is 5.18. The smallest absolute Gasteiger partial charge is 0.265 e. The SMILES string of the molecule is Cn1cc(COc2ccc(F)cc2S(=O)(=O)Cl)cn1. The fraction of sp³-hybridized carbons (Fsp3) is 0.182. The molecular weight excluding hydrogens is 295 g/mol. The minimum Gasteiger partial charge on any atom is -0.487 e. The monoisotopic (exact) mass is 304 g/mol. The van der Waals surface area contributed by atoms with Gasteiger partial charge >= 0.3 is 0 Å². The van der Waals surface area contributed by atoms with Crippen LogP contribution in [0.3, 0.4) is 0 Å². The van der Waals surface area contributed by atoms with E-state index in [1.165, 1.54) is 6.07 Å². The standard InChI is InChI=1S/C11H10ClFN2O3S/c1-15-6-8(5-14-15)7-18-10-3-2-9(13)4-11(10)19(12,16)17/h2-6H,7H2,1H3. The summed E-state index contributed by atoms with van der Waals surface area (Å²) in [7, 11) is 2.91. The van der Waals surface area contributed by atoms with Gasteiger partial charge in [-0.2, -0.15) is 5.10 Å². The molecule has 0 spiro atoms. The highest BCUT2D eigenvalue weighted by atomic mass is 35.7. The van der Waals surface area contributed by atoms with Gasteiger partial charge in [-0.1, -0.05) is 0 Å². The van der Waals surface area contributed by atoms with Crippen LogP contribution in [-0.2, 0) is 22.7 Å². The van der Waals surface area contributed by atoms with Gasteiger partial charge in [-0.3, -0.25) is 4.68 Å². The number of aryl methyl sites for hydroxylation is 1. The highest BCUT2D eigenvalue weighted by Gasteiger charge is 2.18. The van der Waals surface area contributed by atoms with Crippen molar-refractivity contribution in [2.24, 2.45) is 7.05 Å². The Balaban J connectivity index is 2.25. The van der Waals surface area contributed by atoms with Crippen LogP contribution in [0.4, 0.5) is 4.39 Å². The van der Waals surface area contributed by atoms with Gasteiger partial charge < -0.3 is 4.74 Å². The lowest BCUT2D eigenvalue weighted by Gasteiger charge is -2.08. The predicted molar refractivity (Wildman–Crippen MR) is 67.0 cm³/mol. The van der Waals surface area contributed by atoms with E-state index in [1.807, 2.05) is 0 Å². The first kappa shape index (κ1) is 13.8. The van der Waals surface area contributed by atoms with E-state index in [4.69, 9.17) is 15.4 Å². The summed E-state index contributed by atoms with van der Waals surface area (Å²) in [4.78, 5) is -0.391. The zero-order valence-electron chi connectivity index (χ0n) is 9.88. The van der Waals surface area contributed by atoms with E-state index in [9.17, 15) is 12.8 Å². The van der Waals surface area contributed by atoms with Crippen LogP contribution in [0, 0.1) is 5.82 Å². The summed E-state index contributed by atoms with van der Waals surface area (Å²) in [6.07, 6.45) is 3.30. The van der Waals surface area contributed by atoms with Crippen LogP contribution in [0.25, 0.3) is 0 Å². The number of nitrogens with zero attached hydrogens (tertiary/aromatic N) is 2. The van der Waals surface area contributed by atoms with Crippen LogP contribution in [0.1, 0.15) is 5.56 Å². The van der Waals surface area contributed by atoms with Crippen molar-refractivity contribution in [3.8, 4) is 5.75 Å². The highest BCUT2D eigenvalue weighted by molar-refractivity contribution is 8.13. The summed E-state index contributed by atoms with van der Waals surface area (Å²) < 4.78 is 42.6. The van der Waals surface area contributed by atoms with Gasteiger partial charge in [0.2, 0.25) is 0 Å². The van der Waals surface area contributed by atoms with E-state index in [0.29, 0.717) is 0 Å². The fourth-order valence-corrected chi connectivity index (χ4v) is 2.48. The van der Waals surface area contributed by atoms with Crippen LogP contribution in [0.5, 0.6) is 5.75 Å². The van der Waals surface area contributed by atoms with Crippen LogP contribution in [-0.4, -0.2) is 18.2 Å². The maximum absolute atomic E-state index is 13.1. The van der Waals surface area contributed by atoms with E-state index in [0.717, 1.165) is 17.7 Å². The Labute approximate surface area is 114 Å². The summed E-state index contributed by atoms with van der Waals surface area (Å²) in [5.41, 5.74) is 0.754. The summed E-state index contributed by atoms with van der Waals surface area (Å²) in [6.45, 7) is 0.110. The maximum Gasteiger partial charge on any atom is 0.265 e. The number of ether oxygens (including phenoxy) is 1. The quantitative estimate of drug-likeness (QED) is 0.811. The Morgan fingerprint density at radius 1 is 1.47 bits per heavy atom. The third-order valence-electron chi connectivity index (χ3n) is 2.32. The van der Waals surface area contributed by atoms with Gasteiger partial charge in [0.05, 0.1) is 6.20 Å². The van der Waals surface area contributed by atoms with E-state index < -0.39 is 19.8 Å². The zero-order chi connectivity index (χ0) is 14.0. The third kappa shape index (κ3) is 3.45. The van der Waals surface area contributed by atoms with Crippen LogP contribution >= 0.6 is 10.7 Å². The lowest BCUT2D eigenvalue weighted by atomic mass is 10.3. The molecule has 1 heterocycles. The molecule has 2 rings (SSSR count). The molecule has 0 aliphatic carbocycles. The average molecular weight is 305 g/mol. The molecule has 102 valence electrons. The molecule has 0 saturated heterocycles. The lowest BCUT2D eigenvalue weighted by Crippen LogP contribution is -2.01. The van der Waals surface area contributed by atoms with Crippen LogP contribution in [0.15, 0.2) is 35.5 Å². The Hall–Kier alpha value is -1.60. The maximum atomic E-state index is 13.1. The Morgan fingerprint density at radius 3 is 2.79 bits per heavy atom. The van der Waals surface area contributed by atoms with Crippen molar-refractivity contribution in [3.63, 3.8) is 0 Å². The van der Waals surface area contributed by atoms with Crippen molar-refractivity contribution in [1.82, 2.24) is 9.78 Å². The lowest BCUT2D eigenvalue weighted by molar-refractivity contribution is 0.297. The Morgan fingerprint density at radius 2 is 2.21 bits per heavy atom. The van der Waals surface area contributed by atoms with E-state index >= 15 is 0 Å². The van der Waals surface area contributed by atoms with Gasteiger partial charge in [0, 0.05) is 29.5 Å². The van der Waals surface area contributed by atoms with E-state index in [1.54, 1.807) is 24.1 Å². The molecule has 1 aromatic heterocycles. The molecule has 0 fully saturated rings.